The van der Waals surface area contributed by atoms with E-state index in [-0.39, 0.29) is 5.91 Å². The lowest BCUT2D eigenvalue weighted by Crippen LogP contribution is -2.44. The SMILES string of the molecule is N#CCCN(CCc1ccccc1)C(=S)NC(=O)c1cccc(OCCc2ccccc2)c1. The number of nitrogens with zero attached hydrogens (tertiary/aromatic N) is 2. The van der Waals surface area contributed by atoms with E-state index in [0.29, 0.717) is 42.5 Å². The van der Waals surface area contributed by atoms with Crippen LogP contribution >= 0.6 is 12.2 Å². The Morgan fingerprint density at radius 2 is 1.58 bits per heavy atom. The van der Waals surface area contributed by atoms with Gasteiger partial charge in [-0.25, -0.2) is 0 Å². The number of carbonyl (C=O) groups is 1. The van der Waals surface area contributed by atoms with Crippen molar-refractivity contribution in [2.75, 3.05) is 19.7 Å². The van der Waals surface area contributed by atoms with Crippen molar-refractivity contribution >= 4 is 23.2 Å². The minimum absolute atomic E-state index is 0.296. The zero-order valence-electron chi connectivity index (χ0n) is 18.4. The first-order chi connectivity index (χ1) is 16.2. The Morgan fingerprint density at radius 1 is 0.909 bits per heavy atom. The van der Waals surface area contributed by atoms with Crippen molar-refractivity contribution in [2.45, 2.75) is 19.3 Å². The smallest absolute Gasteiger partial charge is 0.257 e. The van der Waals surface area contributed by atoms with Crippen molar-refractivity contribution in [2.24, 2.45) is 0 Å². The Balaban J connectivity index is 1.55. The molecule has 5 nitrogen and oxygen atoms in total. The van der Waals surface area contributed by atoms with Crippen LogP contribution in [0.15, 0.2) is 84.9 Å². The van der Waals surface area contributed by atoms with Crippen LogP contribution in [-0.2, 0) is 12.8 Å². The summed E-state index contributed by atoms with van der Waals surface area (Å²) in [5, 5.41) is 12.1. The Hall–Kier alpha value is -3.69. The molecule has 0 radical (unpaired) electrons. The number of nitriles is 1. The maximum absolute atomic E-state index is 12.8. The lowest BCUT2D eigenvalue weighted by Gasteiger charge is -2.24. The number of carbonyl (C=O) groups excluding carboxylic acids is 1. The Morgan fingerprint density at radius 3 is 2.24 bits per heavy atom. The summed E-state index contributed by atoms with van der Waals surface area (Å²) >= 11 is 5.49. The normalized spacial score (nSPS) is 10.2. The first-order valence-electron chi connectivity index (χ1n) is 10.9. The molecule has 0 heterocycles. The van der Waals surface area contributed by atoms with Crippen molar-refractivity contribution < 1.29 is 9.53 Å². The fraction of sp³-hybridized carbons (Fsp3) is 0.222. The van der Waals surface area contributed by atoms with Gasteiger partial charge in [0, 0.05) is 25.1 Å². The van der Waals surface area contributed by atoms with E-state index in [2.05, 4.69) is 23.5 Å². The minimum atomic E-state index is -0.296. The van der Waals surface area contributed by atoms with E-state index >= 15 is 0 Å². The first kappa shape index (κ1) is 24.0. The lowest BCUT2D eigenvalue weighted by molar-refractivity contribution is 0.0973. The topological polar surface area (TPSA) is 65.4 Å². The summed E-state index contributed by atoms with van der Waals surface area (Å²) in [6.07, 6.45) is 1.89. The molecule has 168 valence electrons. The molecule has 0 saturated carbocycles. The molecule has 6 heteroatoms. The largest absolute Gasteiger partial charge is 0.493 e. The molecule has 3 aromatic rings. The van der Waals surface area contributed by atoms with Crippen molar-refractivity contribution in [3.63, 3.8) is 0 Å². The monoisotopic (exact) mass is 457 g/mol. The van der Waals surface area contributed by atoms with Crippen LogP contribution in [0.1, 0.15) is 27.9 Å². The third kappa shape index (κ3) is 8.06. The molecular weight excluding hydrogens is 430 g/mol. The second kappa shape index (κ2) is 13.0. The number of nitrogens with one attached hydrogen (secondary N) is 1. The predicted molar refractivity (Wildman–Crippen MR) is 134 cm³/mol. The average Bonchev–Trinajstić information content (AvgIpc) is 2.85. The Labute approximate surface area is 200 Å². The van der Waals surface area contributed by atoms with Gasteiger partial charge in [0.1, 0.15) is 5.75 Å². The van der Waals surface area contributed by atoms with Gasteiger partial charge in [0.15, 0.2) is 5.11 Å². The van der Waals surface area contributed by atoms with E-state index in [0.717, 1.165) is 12.8 Å². The quantitative estimate of drug-likeness (QED) is 0.444. The molecule has 3 aromatic carbocycles. The van der Waals surface area contributed by atoms with Gasteiger partial charge in [-0.2, -0.15) is 5.26 Å². The van der Waals surface area contributed by atoms with E-state index in [1.165, 1.54) is 11.1 Å². The molecule has 0 saturated heterocycles. The summed E-state index contributed by atoms with van der Waals surface area (Å²) in [6.45, 7) is 1.60. The Bertz CT molecular complexity index is 1080. The van der Waals surface area contributed by atoms with Crippen molar-refractivity contribution in [1.29, 1.82) is 5.26 Å². The fourth-order valence-corrected chi connectivity index (χ4v) is 3.59. The third-order valence-electron chi connectivity index (χ3n) is 5.11. The number of benzene rings is 3. The Kier molecular flexibility index (Phi) is 9.44. The number of rotatable bonds is 10. The molecule has 0 spiro atoms. The van der Waals surface area contributed by atoms with Crippen molar-refractivity contribution in [3.05, 3.63) is 102 Å². The van der Waals surface area contributed by atoms with Crippen LogP contribution in [0.3, 0.4) is 0 Å². The van der Waals surface area contributed by atoms with Gasteiger partial charge in [0.05, 0.1) is 19.1 Å². The number of hydrogen-bond acceptors (Lipinski definition) is 4. The summed E-state index contributed by atoms with van der Waals surface area (Å²) in [5.41, 5.74) is 2.84. The second-order valence-corrected chi connectivity index (χ2v) is 7.89. The van der Waals surface area contributed by atoms with Gasteiger partial charge >= 0.3 is 0 Å². The highest BCUT2D eigenvalue weighted by molar-refractivity contribution is 7.80. The van der Waals surface area contributed by atoms with Crippen LogP contribution in [0.25, 0.3) is 0 Å². The first-order valence-corrected chi connectivity index (χ1v) is 11.3. The van der Waals surface area contributed by atoms with Gasteiger partial charge in [-0.15, -0.1) is 0 Å². The molecular formula is C27H27N3O2S. The summed E-state index contributed by atoms with van der Waals surface area (Å²) in [5.74, 6) is 0.338. The van der Waals surface area contributed by atoms with E-state index in [4.69, 9.17) is 22.2 Å². The van der Waals surface area contributed by atoms with Gasteiger partial charge in [0.25, 0.3) is 5.91 Å². The van der Waals surface area contributed by atoms with Crippen LogP contribution in [0.2, 0.25) is 0 Å². The van der Waals surface area contributed by atoms with Crippen LogP contribution < -0.4 is 10.1 Å². The highest BCUT2D eigenvalue weighted by atomic mass is 32.1. The van der Waals surface area contributed by atoms with Gasteiger partial charge < -0.3 is 9.64 Å². The van der Waals surface area contributed by atoms with Gasteiger partial charge in [0.2, 0.25) is 0 Å². The second-order valence-electron chi connectivity index (χ2n) is 7.50. The summed E-state index contributed by atoms with van der Waals surface area (Å²) in [6, 6.07) is 29.4. The van der Waals surface area contributed by atoms with Crippen LogP contribution in [0.4, 0.5) is 0 Å². The van der Waals surface area contributed by atoms with E-state index < -0.39 is 0 Å². The number of amides is 1. The molecule has 0 bridgehead atoms. The highest BCUT2D eigenvalue weighted by Gasteiger charge is 2.14. The molecule has 1 N–H and O–H groups in total. The van der Waals surface area contributed by atoms with Crippen LogP contribution in [0.5, 0.6) is 5.75 Å². The van der Waals surface area contributed by atoms with Crippen LogP contribution in [-0.4, -0.2) is 35.6 Å². The number of thiocarbonyl (C=S) groups is 1. The number of hydrogen-bond donors (Lipinski definition) is 1. The summed E-state index contributed by atoms with van der Waals surface area (Å²) in [7, 11) is 0. The lowest BCUT2D eigenvalue weighted by atomic mass is 10.1. The fourth-order valence-electron chi connectivity index (χ4n) is 3.32. The molecule has 0 unspecified atom stereocenters. The molecule has 0 atom stereocenters. The standard InChI is InChI=1S/C27H27N3O2S/c28-17-8-18-30(19-15-22-9-3-1-4-10-22)27(33)29-26(31)24-13-7-14-25(21-24)32-20-16-23-11-5-2-6-12-23/h1-7,9-14,21H,8,15-16,18-20H2,(H,29,31,33). The zero-order valence-corrected chi connectivity index (χ0v) is 19.3. The molecule has 0 aromatic heterocycles. The van der Waals surface area contributed by atoms with E-state index in [9.17, 15) is 4.79 Å². The van der Waals surface area contributed by atoms with E-state index in [1.54, 1.807) is 18.2 Å². The summed E-state index contributed by atoms with van der Waals surface area (Å²) in [4.78, 5) is 14.7. The number of ether oxygens (including phenoxy) is 1. The van der Waals surface area contributed by atoms with Crippen molar-refractivity contribution in [3.8, 4) is 11.8 Å². The average molecular weight is 458 g/mol. The van der Waals surface area contributed by atoms with Gasteiger partial charge in [-0.05, 0) is 48.0 Å². The van der Waals surface area contributed by atoms with Gasteiger partial charge in [-0.3, -0.25) is 10.1 Å². The minimum Gasteiger partial charge on any atom is -0.493 e. The highest BCUT2D eigenvalue weighted by Crippen LogP contribution is 2.14. The summed E-state index contributed by atoms with van der Waals surface area (Å²) < 4.78 is 5.83. The van der Waals surface area contributed by atoms with Crippen molar-refractivity contribution in [1.82, 2.24) is 10.2 Å². The zero-order chi connectivity index (χ0) is 23.3. The predicted octanol–water partition coefficient (Wildman–Crippen LogP) is 4.78. The molecule has 3 rings (SSSR count). The van der Waals surface area contributed by atoms with Gasteiger partial charge in [-0.1, -0.05) is 66.7 Å². The molecule has 0 fully saturated rings. The molecule has 33 heavy (non-hydrogen) atoms. The van der Waals surface area contributed by atoms with Crippen LogP contribution in [0, 0.1) is 11.3 Å². The molecule has 0 aliphatic heterocycles. The molecule has 0 aliphatic rings. The molecule has 0 aliphatic carbocycles. The third-order valence-corrected chi connectivity index (χ3v) is 5.47. The maximum atomic E-state index is 12.8. The molecule has 1 amide bonds. The van der Waals surface area contributed by atoms with E-state index in [1.807, 2.05) is 59.5 Å². The maximum Gasteiger partial charge on any atom is 0.257 e.